The largest absolute Gasteiger partial charge is 0.350 e. The molecular formula is C21H22FN3. The summed E-state index contributed by atoms with van der Waals surface area (Å²) in [4.78, 5) is 8.85. The molecule has 0 atom stereocenters. The average Bonchev–Trinajstić information content (AvgIpc) is 2.55. The van der Waals surface area contributed by atoms with Gasteiger partial charge in [0, 0.05) is 28.4 Å². The Morgan fingerprint density at radius 2 is 1.56 bits per heavy atom. The number of hydrogen-bond acceptors (Lipinski definition) is 3. The van der Waals surface area contributed by atoms with Crippen molar-refractivity contribution in [3.63, 3.8) is 0 Å². The summed E-state index contributed by atoms with van der Waals surface area (Å²) in [5.41, 5.74) is 3.26. The molecule has 0 aliphatic heterocycles. The second kappa shape index (κ2) is 6.63. The number of aromatic nitrogens is 2. The molecule has 1 aromatic heterocycles. The molecule has 0 aliphatic rings. The Hall–Kier alpha value is -2.75. The van der Waals surface area contributed by atoms with Gasteiger partial charge in [0.25, 0.3) is 0 Å². The van der Waals surface area contributed by atoms with E-state index in [1.54, 1.807) is 18.3 Å². The summed E-state index contributed by atoms with van der Waals surface area (Å²) in [5.74, 6) is 0.297. The summed E-state index contributed by atoms with van der Waals surface area (Å²) in [6.45, 7) is 8.01. The summed E-state index contributed by atoms with van der Waals surface area (Å²) >= 11 is 0. The fraction of sp³-hybridized carbons (Fsp3) is 0.238. The highest BCUT2D eigenvalue weighted by Gasteiger charge is 2.16. The predicted octanol–water partition coefficient (Wildman–Crippen LogP) is 5.47. The molecule has 0 amide bonds. The molecular weight excluding hydrogens is 313 g/mol. The second-order valence-electron chi connectivity index (χ2n) is 7.10. The molecule has 25 heavy (non-hydrogen) atoms. The summed E-state index contributed by atoms with van der Waals surface area (Å²) in [7, 11) is 0. The standard InChI is InChI=1S/C21H22FN3/c1-14-18(13-23-20(24-14)25-21(2,3)4)17-12-8-11-16(19(17)22)15-9-6-5-7-10-15/h5-13H,1-4H3,(H,23,24,25). The molecule has 0 radical (unpaired) electrons. The fourth-order valence-corrected chi connectivity index (χ4v) is 2.71. The second-order valence-corrected chi connectivity index (χ2v) is 7.10. The van der Waals surface area contributed by atoms with E-state index in [-0.39, 0.29) is 11.4 Å². The van der Waals surface area contributed by atoms with Gasteiger partial charge in [-0.1, -0.05) is 48.5 Å². The lowest BCUT2D eigenvalue weighted by atomic mass is 9.98. The third-order valence-corrected chi connectivity index (χ3v) is 3.84. The number of anilines is 1. The quantitative estimate of drug-likeness (QED) is 0.690. The van der Waals surface area contributed by atoms with E-state index < -0.39 is 0 Å². The molecule has 0 unspecified atom stereocenters. The van der Waals surface area contributed by atoms with Crippen LogP contribution in [0.3, 0.4) is 0 Å². The Balaban J connectivity index is 2.03. The van der Waals surface area contributed by atoms with Gasteiger partial charge in [-0.05, 0) is 33.3 Å². The van der Waals surface area contributed by atoms with Crippen LogP contribution >= 0.6 is 0 Å². The highest BCUT2D eigenvalue weighted by Crippen LogP contribution is 2.32. The summed E-state index contributed by atoms with van der Waals surface area (Å²) < 4.78 is 15.1. The first-order valence-corrected chi connectivity index (χ1v) is 8.31. The lowest BCUT2D eigenvalue weighted by molar-refractivity contribution is 0.624. The molecule has 0 bridgehead atoms. The lowest BCUT2D eigenvalue weighted by Gasteiger charge is -2.21. The molecule has 1 N–H and O–H groups in total. The highest BCUT2D eigenvalue weighted by atomic mass is 19.1. The monoisotopic (exact) mass is 335 g/mol. The normalized spacial score (nSPS) is 11.4. The van der Waals surface area contributed by atoms with Gasteiger partial charge in [0.05, 0.1) is 5.69 Å². The third kappa shape index (κ3) is 3.85. The van der Waals surface area contributed by atoms with Crippen molar-refractivity contribution in [2.45, 2.75) is 33.2 Å². The van der Waals surface area contributed by atoms with Crippen LogP contribution in [0.25, 0.3) is 22.3 Å². The lowest BCUT2D eigenvalue weighted by Crippen LogP contribution is -2.27. The minimum atomic E-state index is -0.253. The summed E-state index contributed by atoms with van der Waals surface area (Å²) in [5, 5.41) is 3.24. The van der Waals surface area contributed by atoms with Crippen LogP contribution in [0.2, 0.25) is 0 Å². The maximum atomic E-state index is 15.1. The van der Waals surface area contributed by atoms with Gasteiger partial charge in [0.2, 0.25) is 5.95 Å². The van der Waals surface area contributed by atoms with Crippen molar-refractivity contribution in [1.29, 1.82) is 0 Å². The van der Waals surface area contributed by atoms with Gasteiger partial charge in [-0.25, -0.2) is 14.4 Å². The number of rotatable bonds is 3. The van der Waals surface area contributed by atoms with E-state index in [1.165, 1.54) is 0 Å². The van der Waals surface area contributed by atoms with E-state index in [4.69, 9.17) is 0 Å². The first kappa shape index (κ1) is 17.1. The Morgan fingerprint density at radius 3 is 2.20 bits per heavy atom. The molecule has 0 saturated heterocycles. The van der Waals surface area contributed by atoms with Gasteiger partial charge in [-0.2, -0.15) is 0 Å². The number of benzene rings is 2. The number of nitrogens with one attached hydrogen (secondary N) is 1. The van der Waals surface area contributed by atoms with Crippen LogP contribution in [0, 0.1) is 12.7 Å². The molecule has 0 spiro atoms. The fourth-order valence-electron chi connectivity index (χ4n) is 2.71. The average molecular weight is 335 g/mol. The van der Waals surface area contributed by atoms with Crippen molar-refractivity contribution >= 4 is 5.95 Å². The molecule has 4 heteroatoms. The Kier molecular flexibility index (Phi) is 4.53. The molecule has 2 aromatic carbocycles. The van der Waals surface area contributed by atoms with Crippen LogP contribution in [-0.4, -0.2) is 15.5 Å². The molecule has 3 nitrogen and oxygen atoms in total. The van der Waals surface area contributed by atoms with E-state index in [2.05, 4.69) is 15.3 Å². The van der Waals surface area contributed by atoms with E-state index >= 15 is 4.39 Å². The van der Waals surface area contributed by atoms with Gasteiger partial charge in [0.1, 0.15) is 5.82 Å². The van der Waals surface area contributed by atoms with E-state index in [0.29, 0.717) is 22.6 Å². The van der Waals surface area contributed by atoms with E-state index in [9.17, 15) is 0 Å². The van der Waals surface area contributed by atoms with Crippen molar-refractivity contribution in [3.05, 3.63) is 66.2 Å². The van der Waals surface area contributed by atoms with Crippen LogP contribution in [0.4, 0.5) is 10.3 Å². The zero-order valence-electron chi connectivity index (χ0n) is 15.0. The molecule has 128 valence electrons. The summed E-state index contributed by atoms with van der Waals surface area (Å²) in [6, 6.07) is 15.0. The van der Waals surface area contributed by atoms with Gasteiger partial charge < -0.3 is 5.32 Å². The molecule has 0 saturated carbocycles. The zero-order chi connectivity index (χ0) is 18.0. The SMILES string of the molecule is Cc1nc(NC(C)(C)C)ncc1-c1cccc(-c2ccccc2)c1F. The van der Waals surface area contributed by atoms with Crippen LogP contribution in [0.1, 0.15) is 26.5 Å². The van der Waals surface area contributed by atoms with Crippen LogP contribution < -0.4 is 5.32 Å². The highest BCUT2D eigenvalue weighted by molar-refractivity contribution is 5.75. The molecule has 1 heterocycles. The van der Waals surface area contributed by atoms with Crippen LogP contribution in [0.5, 0.6) is 0 Å². The Morgan fingerprint density at radius 1 is 0.880 bits per heavy atom. The van der Waals surface area contributed by atoms with E-state index in [0.717, 1.165) is 11.3 Å². The maximum Gasteiger partial charge on any atom is 0.223 e. The van der Waals surface area contributed by atoms with Crippen molar-refractivity contribution < 1.29 is 4.39 Å². The Labute approximate surface area is 148 Å². The molecule has 3 aromatic rings. The molecule has 3 rings (SSSR count). The zero-order valence-corrected chi connectivity index (χ0v) is 15.0. The van der Waals surface area contributed by atoms with Crippen molar-refractivity contribution in [3.8, 4) is 22.3 Å². The number of aryl methyl sites for hydroxylation is 1. The number of hydrogen-bond donors (Lipinski definition) is 1. The number of halogens is 1. The molecule has 0 aliphatic carbocycles. The van der Waals surface area contributed by atoms with Crippen molar-refractivity contribution in [2.75, 3.05) is 5.32 Å². The maximum absolute atomic E-state index is 15.1. The smallest absolute Gasteiger partial charge is 0.223 e. The third-order valence-electron chi connectivity index (χ3n) is 3.84. The van der Waals surface area contributed by atoms with Gasteiger partial charge in [-0.3, -0.25) is 0 Å². The van der Waals surface area contributed by atoms with Crippen molar-refractivity contribution in [2.24, 2.45) is 0 Å². The first-order chi connectivity index (χ1) is 11.8. The first-order valence-electron chi connectivity index (χ1n) is 8.31. The summed E-state index contributed by atoms with van der Waals surface area (Å²) in [6.07, 6.45) is 1.68. The topological polar surface area (TPSA) is 37.8 Å². The van der Waals surface area contributed by atoms with Crippen LogP contribution in [-0.2, 0) is 0 Å². The van der Waals surface area contributed by atoms with Crippen LogP contribution in [0.15, 0.2) is 54.7 Å². The predicted molar refractivity (Wildman–Crippen MR) is 101 cm³/mol. The minimum Gasteiger partial charge on any atom is -0.350 e. The Bertz CT molecular complexity index is 883. The van der Waals surface area contributed by atoms with Gasteiger partial charge in [0.15, 0.2) is 0 Å². The van der Waals surface area contributed by atoms with Gasteiger partial charge in [-0.15, -0.1) is 0 Å². The molecule has 0 fully saturated rings. The van der Waals surface area contributed by atoms with Gasteiger partial charge >= 0.3 is 0 Å². The number of nitrogens with zero attached hydrogens (tertiary/aromatic N) is 2. The van der Waals surface area contributed by atoms with Crippen molar-refractivity contribution in [1.82, 2.24) is 9.97 Å². The minimum absolute atomic E-state index is 0.133. The van der Waals surface area contributed by atoms with E-state index in [1.807, 2.05) is 64.1 Å².